The summed E-state index contributed by atoms with van der Waals surface area (Å²) in [6.45, 7) is 11.5. The van der Waals surface area contributed by atoms with E-state index in [4.69, 9.17) is 0 Å². The molecule has 2 heteroatoms. The van der Waals surface area contributed by atoms with E-state index in [1.54, 1.807) is 0 Å². The fourth-order valence-electron chi connectivity index (χ4n) is 6.14. The van der Waals surface area contributed by atoms with Gasteiger partial charge in [0, 0.05) is 21.7 Å². The average Bonchev–Trinajstić information content (AvgIpc) is 3.50. The van der Waals surface area contributed by atoms with E-state index in [2.05, 4.69) is 126 Å². The van der Waals surface area contributed by atoms with Crippen LogP contribution >= 0.6 is 0 Å². The Labute approximate surface area is 267 Å². The van der Waals surface area contributed by atoms with Crippen molar-refractivity contribution in [3.63, 3.8) is 0 Å². The van der Waals surface area contributed by atoms with Crippen molar-refractivity contribution in [1.29, 1.82) is 0 Å². The van der Waals surface area contributed by atoms with Gasteiger partial charge in [0.1, 0.15) is 8.07 Å². The molecule has 0 spiro atoms. The topological polar surface area (TPSA) is 0 Å². The maximum absolute atomic E-state index is 2.56. The van der Waals surface area contributed by atoms with Crippen LogP contribution in [0, 0.1) is 0 Å². The van der Waals surface area contributed by atoms with Crippen LogP contribution in [0.1, 0.15) is 108 Å². The molecule has 0 amide bonds. The van der Waals surface area contributed by atoms with Crippen molar-refractivity contribution in [3.8, 4) is 0 Å². The summed E-state index contributed by atoms with van der Waals surface area (Å²) in [5.41, 5.74) is 5.86. The van der Waals surface area contributed by atoms with E-state index in [-0.39, 0.29) is 21.7 Å². The third-order valence-corrected chi connectivity index (χ3v) is 13.8. The van der Waals surface area contributed by atoms with Crippen molar-refractivity contribution >= 4 is 28.8 Å². The number of unbranched alkanes of at least 4 members (excludes halogenated alkanes) is 3. The van der Waals surface area contributed by atoms with Crippen molar-refractivity contribution < 1.29 is 21.7 Å². The molecule has 0 aliphatic rings. The number of hydrogen-bond donors (Lipinski definition) is 0. The van der Waals surface area contributed by atoms with Crippen LogP contribution in [0.25, 0.3) is 0 Å². The Kier molecular flexibility index (Phi) is 13.5. The molecule has 0 N–H and O–H groups in total. The second-order valence-electron chi connectivity index (χ2n) is 11.9. The Bertz CT molecular complexity index is 1160. The summed E-state index contributed by atoms with van der Waals surface area (Å²) in [4.78, 5) is 0. The van der Waals surface area contributed by atoms with Crippen LogP contribution in [0.5, 0.6) is 0 Å². The van der Waals surface area contributed by atoms with E-state index in [9.17, 15) is 0 Å². The summed E-state index contributed by atoms with van der Waals surface area (Å²) in [6.07, 6.45) is 12.1. The fraction of sp³-hybridized carbons (Fsp3) is 0.410. The zero-order chi connectivity index (χ0) is 28.4. The van der Waals surface area contributed by atoms with Gasteiger partial charge in [-0.15, -0.1) is 5.19 Å². The van der Waals surface area contributed by atoms with Crippen LogP contribution in [-0.4, -0.2) is 8.07 Å². The second-order valence-corrected chi connectivity index (χ2v) is 15.7. The van der Waals surface area contributed by atoms with Crippen LogP contribution in [0.3, 0.4) is 0 Å². The third kappa shape index (κ3) is 7.86. The molecule has 4 aromatic carbocycles. The van der Waals surface area contributed by atoms with Gasteiger partial charge >= 0.3 is 0 Å². The van der Waals surface area contributed by atoms with E-state index in [0.717, 1.165) is 19.3 Å². The van der Waals surface area contributed by atoms with E-state index in [1.165, 1.54) is 87.9 Å². The molecular weight excluding hydrogens is 544 g/mol. The summed E-state index contributed by atoms with van der Waals surface area (Å²) in [6, 6.07) is 36.8. The van der Waals surface area contributed by atoms with Crippen molar-refractivity contribution in [2.75, 3.05) is 0 Å². The predicted octanol–water partition coefficient (Wildman–Crippen LogP) is 8.32. The standard InChI is InChI=1S/C39H51Si.Ti/c1-6-10-13-32-16-23-36(24-17-32)40(39-29-22-35(30-39)31(5)9-4,37-25-18-33(19-26-37)14-11-7-2)38-27-20-34(21-28-38)15-12-8-3;/h16-31H,6-15H2,1-5H3;/q-1;. The fourth-order valence-corrected chi connectivity index (χ4v) is 10.9. The monoisotopic (exact) mass is 595 g/mol. The van der Waals surface area contributed by atoms with Crippen molar-refractivity contribution in [2.24, 2.45) is 0 Å². The number of hydrogen-bond acceptors (Lipinski definition) is 0. The smallest absolute Gasteiger partial charge is 0.122 e. The van der Waals surface area contributed by atoms with Gasteiger partial charge in [-0.2, -0.15) is 17.7 Å². The molecule has 4 aromatic rings. The van der Waals surface area contributed by atoms with Gasteiger partial charge in [-0.3, -0.25) is 0 Å². The molecule has 0 fully saturated rings. The van der Waals surface area contributed by atoms with E-state index in [0.29, 0.717) is 5.92 Å². The molecule has 0 aliphatic carbocycles. The average molecular weight is 596 g/mol. The summed E-state index contributed by atoms with van der Waals surface area (Å²) in [5, 5.41) is 6.01. The number of benzene rings is 3. The molecule has 216 valence electrons. The molecular formula is C39H51SiTi-. The van der Waals surface area contributed by atoms with E-state index >= 15 is 0 Å². The second kappa shape index (κ2) is 16.5. The van der Waals surface area contributed by atoms with Gasteiger partial charge in [-0.05, 0) is 55.2 Å². The summed E-state index contributed by atoms with van der Waals surface area (Å²) < 4.78 is 0. The minimum absolute atomic E-state index is 0. The minimum Gasteiger partial charge on any atom is -0.210 e. The van der Waals surface area contributed by atoms with Crippen LogP contribution < -0.4 is 20.7 Å². The van der Waals surface area contributed by atoms with Gasteiger partial charge < -0.3 is 0 Å². The molecule has 4 rings (SSSR count). The van der Waals surface area contributed by atoms with Crippen LogP contribution in [0.4, 0.5) is 0 Å². The van der Waals surface area contributed by atoms with E-state index in [1.807, 2.05) is 0 Å². The zero-order valence-electron chi connectivity index (χ0n) is 26.3. The summed E-state index contributed by atoms with van der Waals surface area (Å²) in [5.74, 6) is 0.574. The molecule has 0 bridgehead atoms. The van der Waals surface area contributed by atoms with Gasteiger partial charge in [-0.1, -0.05) is 155 Å². The quantitative estimate of drug-likeness (QED) is 0.0737. The Morgan fingerprint density at radius 2 is 0.927 bits per heavy atom. The SMILES string of the molecule is CCCCc1ccc([Si](c2ccc(CCCC)cc2)(c2ccc(CCCC)cc2)[c-]2ccc(C(C)CC)c2)cc1.[Ti]. The first-order chi connectivity index (χ1) is 19.6. The first kappa shape index (κ1) is 33.4. The molecule has 41 heavy (non-hydrogen) atoms. The molecule has 0 aromatic heterocycles. The van der Waals surface area contributed by atoms with Gasteiger partial charge in [0.15, 0.2) is 0 Å². The van der Waals surface area contributed by atoms with Crippen molar-refractivity contribution in [1.82, 2.24) is 0 Å². The van der Waals surface area contributed by atoms with Crippen LogP contribution in [0.15, 0.2) is 91.0 Å². The van der Waals surface area contributed by atoms with Gasteiger partial charge in [0.2, 0.25) is 0 Å². The number of rotatable bonds is 15. The number of aryl methyl sites for hydroxylation is 3. The van der Waals surface area contributed by atoms with Gasteiger partial charge in [0.05, 0.1) is 0 Å². The molecule has 0 aliphatic heterocycles. The molecule has 0 saturated carbocycles. The summed E-state index contributed by atoms with van der Waals surface area (Å²) in [7, 11) is -2.50. The van der Waals surface area contributed by atoms with Crippen LogP contribution in [-0.2, 0) is 41.0 Å². The molecule has 0 saturated heterocycles. The molecule has 1 unspecified atom stereocenters. The Morgan fingerprint density at radius 3 is 1.24 bits per heavy atom. The van der Waals surface area contributed by atoms with Gasteiger partial charge in [-0.25, -0.2) is 6.07 Å². The Morgan fingerprint density at radius 1 is 0.561 bits per heavy atom. The third-order valence-electron chi connectivity index (χ3n) is 9.01. The first-order valence-corrected chi connectivity index (χ1v) is 18.1. The van der Waals surface area contributed by atoms with Crippen LogP contribution in [0.2, 0.25) is 0 Å². The molecule has 0 radical (unpaired) electrons. The molecule has 0 nitrogen and oxygen atoms in total. The summed E-state index contributed by atoms with van der Waals surface area (Å²) >= 11 is 0. The first-order valence-electron chi connectivity index (χ1n) is 16.1. The predicted molar refractivity (Wildman–Crippen MR) is 180 cm³/mol. The Hall–Kier alpha value is -2.06. The largest absolute Gasteiger partial charge is 0.210 e. The van der Waals surface area contributed by atoms with E-state index < -0.39 is 8.07 Å². The zero-order valence-corrected chi connectivity index (χ0v) is 28.9. The molecule has 1 atom stereocenters. The molecule has 0 heterocycles. The maximum Gasteiger partial charge on any atom is 0.122 e. The van der Waals surface area contributed by atoms with Gasteiger partial charge in [0.25, 0.3) is 0 Å². The Balaban J connectivity index is 0.00000462. The van der Waals surface area contributed by atoms with Crippen molar-refractivity contribution in [3.05, 3.63) is 113 Å². The minimum atomic E-state index is -2.50. The van der Waals surface area contributed by atoms with Crippen molar-refractivity contribution in [2.45, 2.75) is 105 Å². The normalized spacial score (nSPS) is 12.2. The maximum atomic E-state index is 2.56.